The molecule has 0 aliphatic heterocycles. The van der Waals surface area contributed by atoms with Crippen molar-refractivity contribution >= 4 is 0 Å². The largest absolute Gasteiger partial charge is 0.497 e. The average Bonchev–Trinajstić information content (AvgIpc) is 2.40. The summed E-state index contributed by atoms with van der Waals surface area (Å²) in [5, 5.41) is 13.0. The van der Waals surface area contributed by atoms with Crippen molar-refractivity contribution in [1.29, 1.82) is 5.26 Å². The molecule has 0 radical (unpaired) electrons. The van der Waals surface area contributed by atoms with E-state index in [1.165, 1.54) is 10.9 Å². The van der Waals surface area contributed by atoms with Gasteiger partial charge in [-0.1, -0.05) is 0 Å². The fraction of sp³-hybridized carbons (Fsp3) is 0.154. The lowest BCUT2D eigenvalue weighted by molar-refractivity contribution is 0.414. The molecule has 0 amide bonds. The van der Waals surface area contributed by atoms with Crippen molar-refractivity contribution in [3.05, 3.63) is 51.9 Å². The lowest BCUT2D eigenvalue weighted by Crippen LogP contribution is -2.24. The van der Waals surface area contributed by atoms with Gasteiger partial charge in [-0.3, -0.25) is 4.79 Å². The molecule has 0 spiro atoms. The molecule has 1 aromatic heterocycles. The molecule has 18 heavy (non-hydrogen) atoms. The summed E-state index contributed by atoms with van der Waals surface area (Å²) in [7, 11) is 1.57. The fourth-order valence-electron chi connectivity index (χ4n) is 1.58. The first kappa shape index (κ1) is 11.9. The van der Waals surface area contributed by atoms with Crippen molar-refractivity contribution in [3.8, 4) is 17.5 Å². The first-order chi connectivity index (χ1) is 8.67. The van der Waals surface area contributed by atoms with Crippen molar-refractivity contribution < 1.29 is 4.74 Å². The second-order valence-corrected chi connectivity index (χ2v) is 3.73. The lowest BCUT2D eigenvalue weighted by atomic mass is 10.2. The Kier molecular flexibility index (Phi) is 3.11. The monoisotopic (exact) mass is 241 g/mol. The standard InChI is InChI=1S/C13H11N3O2/c1-9-8-15-16(13(17)12(9)7-14)10-3-5-11(18-2)6-4-10/h3-6,8H,1-2H3. The molecule has 5 heteroatoms. The van der Waals surface area contributed by atoms with E-state index < -0.39 is 5.56 Å². The predicted octanol–water partition coefficient (Wildman–Crippen LogP) is 1.42. The maximum absolute atomic E-state index is 12.0. The third-order valence-electron chi connectivity index (χ3n) is 2.60. The van der Waals surface area contributed by atoms with Crippen LogP contribution >= 0.6 is 0 Å². The summed E-state index contributed by atoms with van der Waals surface area (Å²) in [6.45, 7) is 1.69. The summed E-state index contributed by atoms with van der Waals surface area (Å²) >= 11 is 0. The van der Waals surface area contributed by atoms with Crippen molar-refractivity contribution in [2.24, 2.45) is 0 Å². The number of methoxy groups -OCH3 is 1. The highest BCUT2D eigenvalue weighted by Gasteiger charge is 2.09. The molecule has 1 heterocycles. The molecule has 90 valence electrons. The van der Waals surface area contributed by atoms with E-state index in [2.05, 4.69) is 5.10 Å². The second kappa shape index (κ2) is 4.72. The Hall–Kier alpha value is -2.61. The van der Waals surface area contributed by atoms with E-state index in [1.807, 2.05) is 6.07 Å². The van der Waals surface area contributed by atoms with Crippen LogP contribution in [0.2, 0.25) is 0 Å². The Morgan fingerprint density at radius 2 is 2.00 bits per heavy atom. The number of hydrogen-bond donors (Lipinski definition) is 0. The summed E-state index contributed by atoms with van der Waals surface area (Å²) in [6.07, 6.45) is 1.50. The summed E-state index contributed by atoms with van der Waals surface area (Å²) < 4.78 is 6.24. The molecule has 0 atom stereocenters. The number of nitrogens with zero attached hydrogens (tertiary/aromatic N) is 3. The number of ether oxygens (including phenoxy) is 1. The fourth-order valence-corrected chi connectivity index (χ4v) is 1.58. The molecular weight excluding hydrogens is 230 g/mol. The molecule has 0 fully saturated rings. The van der Waals surface area contributed by atoms with E-state index in [0.29, 0.717) is 17.0 Å². The van der Waals surface area contributed by atoms with E-state index >= 15 is 0 Å². The van der Waals surface area contributed by atoms with Crippen LogP contribution in [0.5, 0.6) is 5.75 Å². The molecule has 0 N–H and O–H groups in total. The molecule has 2 rings (SSSR count). The molecular formula is C13H11N3O2. The zero-order valence-electron chi connectivity index (χ0n) is 10.0. The normalized spacial score (nSPS) is 9.83. The maximum atomic E-state index is 12.0. The molecule has 0 bridgehead atoms. The van der Waals surface area contributed by atoms with Crippen LogP contribution in [0.15, 0.2) is 35.3 Å². The van der Waals surface area contributed by atoms with Gasteiger partial charge in [0, 0.05) is 0 Å². The van der Waals surface area contributed by atoms with Crippen LogP contribution in [0.25, 0.3) is 5.69 Å². The van der Waals surface area contributed by atoms with Gasteiger partial charge < -0.3 is 4.74 Å². The Morgan fingerprint density at radius 3 is 2.56 bits per heavy atom. The van der Waals surface area contributed by atoms with Gasteiger partial charge in [-0.2, -0.15) is 15.0 Å². The predicted molar refractivity (Wildman–Crippen MR) is 65.8 cm³/mol. The van der Waals surface area contributed by atoms with Crippen molar-refractivity contribution in [2.45, 2.75) is 6.92 Å². The van der Waals surface area contributed by atoms with E-state index in [4.69, 9.17) is 10.00 Å². The summed E-state index contributed by atoms with van der Waals surface area (Å²) in [5.74, 6) is 0.694. The van der Waals surface area contributed by atoms with Crippen molar-refractivity contribution in [2.75, 3.05) is 7.11 Å². The van der Waals surface area contributed by atoms with E-state index in [0.717, 1.165) is 0 Å². The van der Waals surface area contributed by atoms with Crippen LogP contribution in [0.1, 0.15) is 11.1 Å². The molecule has 0 saturated carbocycles. The minimum atomic E-state index is -0.414. The molecule has 0 unspecified atom stereocenters. The number of rotatable bonds is 2. The number of hydrogen-bond acceptors (Lipinski definition) is 4. The Morgan fingerprint density at radius 1 is 1.33 bits per heavy atom. The SMILES string of the molecule is COc1ccc(-n2ncc(C)c(C#N)c2=O)cc1. The average molecular weight is 241 g/mol. The highest BCUT2D eigenvalue weighted by Crippen LogP contribution is 2.13. The van der Waals surface area contributed by atoms with Crippen LogP contribution in [0, 0.1) is 18.3 Å². The third-order valence-corrected chi connectivity index (χ3v) is 2.60. The minimum Gasteiger partial charge on any atom is -0.497 e. The summed E-state index contributed by atoms with van der Waals surface area (Å²) in [5.41, 5.74) is 0.869. The van der Waals surface area contributed by atoms with Gasteiger partial charge >= 0.3 is 0 Å². The topological polar surface area (TPSA) is 67.9 Å². The molecule has 2 aromatic rings. The van der Waals surface area contributed by atoms with Gasteiger partial charge in [0.2, 0.25) is 0 Å². The van der Waals surface area contributed by atoms with Crippen LogP contribution in [-0.2, 0) is 0 Å². The van der Waals surface area contributed by atoms with Gasteiger partial charge in [-0.05, 0) is 36.8 Å². The van der Waals surface area contributed by atoms with Gasteiger partial charge in [-0.25, -0.2) is 0 Å². The second-order valence-electron chi connectivity index (χ2n) is 3.73. The van der Waals surface area contributed by atoms with Crippen LogP contribution < -0.4 is 10.3 Å². The van der Waals surface area contributed by atoms with Crippen molar-refractivity contribution in [1.82, 2.24) is 9.78 Å². The van der Waals surface area contributed by atoms with Crippen LogP contribution in [0.4, 0.5) is 0 Å². The highest BCUT2D eigenvalue weighted by atomic mass is 16.5. The summed E-state index contributed by atoms with van der Waals surface area (Å²) in [4.78, 5) is 12.0. The number of aromatic nitrogens is 2. The van der Waals surface area contributed by atoms with Gasteiger partial charge in [0.1, 0.15) is 17.4 Å². The molecule has 5 nitrogen and oxygen atoms in total. The van der Waals surface area contributed by atoms with E-state index in [-0.39, 0.29) is 5.56 Å². The lowest BCUT2D eigenvalue weighted by Gasteiger charge is -2.06. The zero-order chi connectivity index (χ0) is 13.1. The minimum absolute atomic E-state index is 0.112. The van der Waals surface area contributed by atoms with E-state index in [9.17, 15) is 4.79 Å². The first-order valence-electron chi connectivity index (χ1n) is 5.31. The van der Waals surface area contributed by atoms with Gasteiger partial charge in [0.15, 0.2) is 0 Å². The summed E-state index contributed by atoms with van der Waals surface area (Å²) in [6, 6.07) is 8.79. The smallest absolute Gasteiger partial charge is 0.289 e. The Labute approximate surface area is 104 Å². The van der Waals surface area contributed by atoms with Crippen molar-refractivity contribution in [3.63, 3.8) is 0 Å². The molecule has 0 saturated heterocycles. The van der Waals surface area contributed by atoms with Gasteiger partial charge in [0.25, 0.3) is 5.56 Å². The third kappa shape index (κ3) is 1.96. The molecule has 1 aromatic carbocycles. The Balaban J connectivity index is 2.58. The first-order valence-corrected chi connectivity index (χ1v) is 5.31. The van der Waals surface area contributed by atoms with Gasteiger partial charge in [-0.15, -0.1) is 0 Å². The number of aryl methyl sites for hydroxylation is 1. The quantitative estimate of drug-likeness (QED) is 0.797. The Bertz CT molecular complexity index is 666. The maximum Gasteiger partial charge on any atom is 0.289 e. The molecule has 0 aliphatic rings. The highest BCUT2D eigenvalue weighted by molar-refractivity contribution is 5.39. The number of benzene rings is 1. The number of nitriles is 1. The van der Waals surface area contributed by atoms with Crippen LogP contribution in [0.3, 0.4) is 0 Å². The zero-order valence-corrected chi connectivity index (χ0v) is 10.0. The van der Waals surface area contributed by atoms with Crippen LogP contribution in [-0.4, -0.2) is 16.9 Å². The molecule has 0 aliphatic carbocycles. The van der Waals surface area contributed by atoms with Gasteiger partial charge in [0.05, 0.1) is 19.0 Å². The van der Waals surface area contributed by atoms with E-state index in [1.54, 1.807) is 38.3 Å².